The molecule has 0 aliphatic carbocycles. The Morgan fingerprint density at radius 1 is 0.486 bits per heavy atom. The number of hydrogen-bond donors (Lipinski definition) is 0. The average molecular weight is 677 g/mol. The zero-order valence-electron chi connectivity index (χ0n) is 16.4. The Morgan fingerprint density at radius 3 is 1.09 bits per heavy atom. The summed E-state index contributed by atoms with van der Waals surface area (Å²) in [5, 5.41) is -2.37. The van der Waals surface area contributed by atoms with Crippen LogP contribution < -0.4 is 9.47 Å². The van der Waals surface area contributed by atoms with Crippen LogP contribution in [0, 0.1) is 0 Å². The molecule has 0 aliphatic heterocycles. The molecule has 0 spiro atoms. The van der Waals surface area contributed by atoms with Crippen molar-refractivity contribution < 1.29 is 19.1 Å². The van der Waals surface area contributed by atoms with E-state index in [1.807, 2.05) is 0 Å². The number of rotatable bonds is 5. The van der Waals surface area contributed by atoms with Crippen molar-refractivity contribution in [3.8, 4) is 11.5 Å². The lowest BCUT2D eigenvalue weighted by Crippen LogP contribution is -2.30. The standard InChI is InChI=1S/C21H6Cl10O4/c22-8-10(24)14(28)18(15(29)11(8)25)34-20(32)7(6-4-2-1-3-5-6)21(33)35-19-16(30)12(26)9(23)13(27)17(19)31/h1-5,7H. The molecule has 0 N–H and O–H groups in total. The molecule has 3 rings (SSSR count). The van der Waals surface area contributed by atoms with Crippen LogP contribution in [0.4, 0.5) is 0 Å². The molecule has 0 bridgehead atoms. The first kappa shape index (κ1) is 29.1. The largest absolute Gasteiger partial charge is 0.422 e. The van der Waals surface area contributed by atoms with Crippen LogP contribution in [-0.4, -0.2) is 11.9 Å². The van der Waals surface area contributed by atoms with Gasteiger partial charge in [-0.15, -0.1) is 0 Å². The van der Waals surface area contributed by atoms with Crippen LogP contribution in [-0.2, 0) is 9.59 Å². The van der Waals surface area contributed by atoms with Gasteiger partial charge in [0.15, 0.2) is 17.4 Å². The number of benzene rings is 3. The molecule has 0 saturated heterocycles. The van der Waals surface area contributed by atoms with Gasteiger partial charge < -0.3 is 9.47 Å². The molecule has 14 heteroatoms. The Bertz CT molecular complexity index is 1200. The fraction of sp³-hybridized carbons (Fsp3) is 0.0476. The zero-order valence-corrected chi connectivity index (χ0v) is 23.9. The van der Waals surface area contributed by atoms with Crippen LogP contribution >= 0.6 is 116 Å². The Morgan fingerprint density at radius 2 is 0.771 bits per heavy atom. The number of carbonyl (C=O) groups is 2. The van der Waals surface area contributed by atoms with Gasteiger partial charge in [-0.1, -0.05) is 146 Å². The van der Waals surface area contributed by atoms with Crippen LogP contribution in [0.3, 0.4) is 0 Å². The summed E-state index contributed by atoms with van der Waals surface area (Å²) in [4.78, 5) is 26.4. The summed E-state index contributed by atoms with van der Waals surface area (Å²) in [6, 6.07) is 7.77. The average Bonchev–Trinajstić information content (AvgIpc) is 2.85. The van der Waals surface area contributed by atoms with Crippen LogP contribution in [0.2, 0.25) is 50.2 Å². The molecule has 0 amide bonds. The maximum Gasteiger partial charge on any atom is 0.330 e. The molecule has 0 atom stereocenters. The van der Waals surface area contributed by atoms with E-state index >= 15 is 0 Å². The summed E-state index contributed by atoms with van der Waals surface area (Å²) < 4.78 is 10.6. The molecule has 35 heavy (non-hydrogen) atoms. The Hall–Kier alpha value is -0.500. The molecule has 0 fully saturated rings. The molecule has 3 aromatic carbocycles. The van der Waals surface area contributed by atoms with Crippen LogP contribution in [0.1, 0.15) is 11.5 Å². The highest BCUT2D eigenvalue weighted by molar-refractivity contribution is 6.56. The number of halogens is 10. The molecule has 0 saturated carbocycles. The van der Waals surface area contributed by atoms with Crippen molar-refractivity contribution in [1.29, 1.82) is 0 Å². The molecule has 0 aliphatic rings. The summed E-state index contributed by atoms with van der Waals surface area (Å²) in [6.45, 7) is 0. The van der Waals surface area contributed by atoms with Crippen molar-refractivity contribution in [3.05, 3.63) is 86.1 Å². The van der Waals surface area contributed by atoms with Crippen LogP contribution in [0.15, 0.2) is 30.3 Å². The topological polar surface area (TPSA) is 52.6 Å². The highest BCUT2D eigenvalue weighted by atomic mass is 35.5. The number of carbonyl (C=O) groups excluding carboxylic acids is 2. The van der Waals surface area contributed by atoms with Gasteiger partial charge in [-0.25, -0.2) is 0 Å². The van der Waals surface area contributed by atoms with E-state index in [9.17, 15) is 9.59 Å². The van der Waals surface area contributed by atoms with E-state index in [0.717, 1.165) is 0 Å². The van der Waals surface area contributed by atoms with E-state index in [-0.39, 0.29) is 55.8 Å². The molecular formula is C21H6Cl10O4. The van der Waals surface area contributed by atoms with E-state index in [1.54, 1.807) is 18.2 Å². The normalized spacial score (nSPS) is 11.1. The lowest BCUT2D eigenvalue weighted by atomic mass is 9.99. The second-order valence-corrected chi connectivity index (χ2v) is 10.3. The fourth-order valence-corrected chi connectivity index (χ4v) is 5.08. The van der Waals surface area contributed by atoms with Crippen LogP contribution in [0.5, 0.6) is 11.5 Å². The highest BCUT2D eigenvalue weighted by Gasteiger charge is 2.36. The zero-order chi connectivity index (χ0) is 26.2. The fourth-order valence-electron chi connectivity index (χ4n) is 2.68. The first-order valence-electron chi connectivity index (χ1n) is 8.89. The van der Waals surface area contributed by atoms with E-state index in [1.165, 1.54) is 12.1 Å². The summed E-state index contributed by atoms with van der Waals surface area (Å²) in [5.74, 6) is -4.83. The minimum Gasteiger partial charge on any atom is -0.422 e. The van der Waals surface area contributed by atoms with E-state index in [4.69, 9.17) is 125 Å². The summed E-state index contributed by atoms with van der Waals surface area (Å²) in [5.41, 5.74) is 0.180. The number of hydrogen-bond acceptors (Lipinski definition) is 4. The van der Waals surface area contributed by atoms with Gasteiger partial charge in [0.25, 0.3) is 0 Å². The second-order valence-electron chi connectivity index (χ2n) is 6.48. The van der Waals surface area contributed by atoms with Gasteiger partial charge in [0.2, 0.25) is 0 Å². The van der Waals surface area contributed by atoms with Gasteiger partial charge in [0.05, 0.1) is 30.1 Å². The van der Waals surface area contributed by atoms with Gasteiger partial charge in [0, 0.05) is 0 Å². The van der Waals surface area contributed by atoms with Gasteiger partial charge in [0.1, 0.15) is 20.1 Å². The monoisotopic (exact) mass is 672 g/mol. The Labute approximate surface area is 248 Å². The molecule has 0 radical (unpaired) electrons. The Balaban J connectivity index is 2.06. The molecule has 4 nitrogen and oxygen atoms in total. The van der Waals surface area contributed by atoms with E-state index in [0.29, 0.717) is 0 Å². The smallest absolute Gasteiger partial charge is 0.330 e. The van der Waals surface area contributed by atoms with Crippen molar-refractivity contribution in [2.75, 3.05) is 0 Å². The third-order valence-corrected chi connectivity index (χ3v) is 8.83. The number of ether oxygens (including phenoxy) is 2. The quantitative estimate of drug-likeness (QED) is 0.0887. The Kier molecular flexibility index (Phi) is 9.89. The lowest BCUT2D eigenvalue weighted by Gasteiger charge is -2.19. The van der Waals surface area contributed by atoms with E-state index in [2.05, 4.69) is 0 Å². The minimum absolute atomic E-state index is 0.150. The minimum atomic E-state index is -1.68. The predicted molar refractivity (Wildman–Crippen MR) is 143 cm³/mol. The van der Waals surface area contributed by atoms with E-state index < -0.39 is 29.4 Å². The van der Waals surface area contributed by atoms with Crippen LogP contribution in [0.25, 0.3) is 0 Å². The van der Waals surface area contributed by atoms with Gasteiger partial charge in [-0.2, -0.15) is 0 Å². The van der Waals surface area contributed by atoms with Crippen molar-refractivity contribution in [1.82, 2.24) is 0 Å². The first-order valence-corrected chi connectivity index (χ1v) is 12.7. The maximum atomic E-state index is 13.2. The van der Waals surface area contributed by atoms with Gasteiger partial charge >= 0.3 is 11.9 Å². The van der Waals surface area contributed by atoms with Crippen molar-refractivity contribution in [3.63, 3.8) is 0 Å². The predicted octanol–water partition coefficient (Wildman–Crippen LogP) is 10.5. The van der Waals surface area contributed by atoms with Crippen molar-refractivity contribution in [2.24, 2.45) is 0 Å². The van der Waals surface area contributed by atoms with Crippen molar-refractivity contribution >= 4 is 128 Å². The maximum absolute atomic E-state index is 13.2. The molecule has 0 aromatic heterocycles. The van der Waals surface area contributed by atoms with Gasteiger partial charge in [-0.3, -0.25) is 9.59 Å². The van der Waals surface area contributed by atoms with Gasteiger partial charge in [-0.05, 0) is 5.56 Å². The molecular weight excluding hydrogens is 671 g/mol. The lowest BCUT2D eigenvalue weighted by molar-refractivity contribution is -0.147. The highest BCUT2D eigenvalue weighted by Crippen LogP contribution is 2.50. The third kappa shape index (κ3) is 5.83. The molecule has 184 valence electrons. The molecule has 0 unspecified atom stereocenters. The first-order chi connectivity index (χ1) is 16.4. The summed E-state index contributed by atoms with van der Waals surface area (Å²) in [6.07, 6.45) is 0. The third-order valence-electron chi connectivity index (χ3n) is 4.35. The SMILES string of the molecule is O=C(Oc1c(Cl)c(Cl)c(Cl)c(Cl)c1Cl)C(C(=O)Oc1c(Cl)c(Cl)c(Cl)c(Cl)c1Cl)c1ccccc1. The summed E-state index contributed by atoms with van der Waals surface area (Å²) in [7, 11) is 0. The number of esters is 2. The molecule has 3 aromatic rings. The molecule has 0 heterocycles. The second kappa shape index (κ2) is 11.9. The van der Waals surface area contributed by atoms with Crippen molar-refractivity contribution in [2.45, 2.75) is 5.92 Å². The summed E-state index contributed by atoms with van der Waals surface area (Å²) >= 11 is 60.6.